The van der Waals surface area contributed by atoms with Gasteiger partial charge in [0, 0.05) is 11.3 Å². The lowest BCUT2D eigenvalue weighted by molar-refractivity contribution is -0.132. The Hall–Kier alpha value is -4.59. The summed E-state index contributed by atoms with van der Waals surface area (Å²) in [5.41, 5.74) is 2.00. The molecule has 3 aromatic carbocycles. The molecule has 1 aliphatic heterocycles. The number of nitrogens with zero attached hydrogens (tertiary/aromatic N) is 1. The van der Waals surface area contributed by atoms with Crippen molar-refractivity contribution in [1.82, 2.24) is 0 Å². The summed E-state index contributed by atoms with van der Waals surface area (Å²) in [7, 11) is 0. The number of rotatable bonds is 8. The second-order valence-corrected chi connectivity index (χ2v) is 9.72. The summed E-state index contributed by atoms with van der Waals surface area (Å²) in [6.07, 6.45) is 0. The maximum atomic E-state index is 13.4. The first-order valence-corrected chi connectivity index (χ1v) is 12.7. The molecule has 0 radical (unpaired) electrons. The molecule has 1 fully saturated rings. The van der Waals surface area contributed by atoms with Gasteiger partial charge in [0.05, 0.1) is 30.4 Å². The van der Waals surface area contributed by atoms with Crippen LogP contribution < -0.4 is 9.64 Å². The Balaban J connectivity index is 1.84. The number of phenols is 1. The predicted molar refractivity (Wildman–Crippen MR) is 147 cm³/mol. The number of aliphatic hydroxyl groups is 1. The van der Waals surface area contributed by atoms with E-state index in [0.29, 0.717) is 29.4 Å². The minimum Gasteiger partial charge on any atom is -0.508 e. The van der Waals surface area contributed by atoms with E-state index in [2.05, 4.69) is 0 Å². The SMILES string of the molecule is CCOC(=O)c1cccc(N2C(=O)C(=O)/C(=C(/O)c3ccc(OCC(C)C)c(C)c3)C2c2ccc(O)cc2)c1. The van der Waals surface area contributed by atoms with Crippen LogP contribution >= 0.6 is 0 Å². The Morgan fingerprint density at radius 1 is 1.00 bits per heavy atom. The number of hydrogen-bond acceptors (Lipinski definition) is 7. The van der Waals surface area contributed by atoms with E-state index < -0.39 is 23.7 Å². The number of ketones is 1. The monoisotopic (exact) mass is 529 g/mol. The number of anilines is 1. The third kappa shape index (κ3) is 5.65. The number of amides is 1. The van der Waals surface area contributed by atoms with E-state index in [9.17, 15) is 24.6 Å². The van der Waals surface area contributed by atoms with Gasteiger partial charge in [0.15, 0.2) is 0 Å². The van der Waals surface area contributed by atoms with Gasteiger partial charge in [0.25, 0.3) is 11.7 Å². The largest absolute Gasteiger partial charge is 0.508 e. The number of carbonyl (C=O) groups is 3. The van der Waals surface area contributed by atoms with Gasteiger partial charge in [-0.2, -0.15) is 0 Å². The maximum Gasteiger partial charge on any atom is 0.338 e. The number of esters is 1. The molecule has 1 unspecified atom stereocenters. The summed E-state index contributed by atoms with van der Waals surface area (Å²) in [5.74, 6) is -1.63. The van der Waals surface area contributed by atoms with Crippen LogP contribution in [0.4, 0.5) is 5.69 Å². The summed E-state index contributed by atoms with van der Waals surface area (Å²) in [4.78, 5) is 40.5. The molecule has 39 heavy (non-hydrogen) atoms. The molecule has 202 valence electrons. The van der Waals surface area contributed by atoms with Crippen LogP contribution in [0.3, 0.4) is 0 Å². The molecule has 8 heteroatoms. The van der Waals surface area contributed by atoms with Gasteiger partial charge in [-0.3, -0.25) is 14.5 Å². The van der Waals surface area contributed by atoms with Crippen molar-refractivity contribution in [3.63, 3.8) is 0 Å². The number of carbonyl (C=O) groups excluding carboxylic acids is 3. The summed E-state index contributed by atoms with van der Waals surface area (Å²) in [6, 6.07) is 16.3. The molecule has 8 nitrogen and oxygen atoms in total. The fourth-order valence-corrected chi connectivity index (χ4v) is 4.44. The molecule has 0 aromatic heterocycles. The smallest absolute Gasteiger partial charge is 0.338 e. The van der Waals surface area contributed by atoms with Crippen LogP contribution in [0.25, 0.3) is 5.76 Å². The Kier molecular flexibility index (Phi) is 8.04. The van der Waals surface area contributed by atoms with Gasteiger partial charge in [-0.25, -0.2) is 4.79 Å². The van der Waals surface area contributed by atoms with Gasteiger partial charge < -0.3 is 19.7 Å². The zero-order valence-corrected chi connectivity index (χ0v) is 22.3. The zero-order valence-electron chi connectivity index (χ0n) is 22.3. The molecule has 0 saturated carbocycles. The Labute approximate surface area is 227 Å². The average molecular weight is 530 g/mol. The van der Waals surface area contributed by atoms with Crippen LogP contribution in [0, 0.1) is 12.8 Å². The minimum absolute atomic E-state index is 0.00706. The van der Waals surface area contributed by atoms with Crippen LogP contribution in [-0.4, -0.2) is 41.1 Å². The quantitative estimate of drug-likeness (QED) is 0.171. The number of Topliss-reactive ketones (excluding diaryl/α,β-unsaturated/α-hetero) is 1. The molecule has 2 N–H and O–H groups in total. The summed E-state index contributed by atoms with van der Waals surface area (Å²) >= 11 is 0. The van der Waals surface area contributed by atoms with Crippen molar-refractivity contribution in [2.24, 2.45) is 5.92 Å². The first-order valence-electron chi connectivity index (χ1n) is 12.7. The minimum atomic E-state index is -1.01. The maximum absolute atomic E-state index is 13.4. The molecule has 1 atom stereocenters. The van der Waals surface area contributed by atoms with E-state index in [1.54, 1.807) is 55.5 Å². The van der Waals surface area contributed by atoms with Crippen LogP contribution in [-0.2, 0) is 14.3 Å². The molecule has 1 heterocycles. The average Bonchev–Trinajstić information content (AvgIpc) is 3.18. The molecule has 3 aromatic rings. The highest BCUT2D eigenvalue weighted by molar-refractivity contribution is 6.51. The summed E-state index contributed by atoms with van der Waals surface area (Å²) in [6.45, 7) is 8.32. The van der Waals surface area contributed by atoms with Gasteiger partial charge in [0.1, 0.15) is 17.3 Å². The second-order valence-electron chi connectivity index (χ2n) is 9.72. The van der Waals surface area contributed by atoms with Crippen LogP contribution in [0.1, 0.15) is 53.9 Å². The van der Waals surface area contributed by atoms with E-state index in [-0.39, 0.29) is 34.9 Å². The van der Waals surface area contributed by atoms with Crippen LogP contribution in [0.15, 0.2) is 72.3 Å². The predicted octanol–water partition coefficient (Wildman–Crippen LogP) is 5.54. The first kappa shape index (κ1) is 27.4. The molecule has 4 rings (SSSR count). The van der Waals surface area contributed by atoms with Crippen molar-refractivity contribution in [2.45, 2.75) is 33.7 Å². The highest BCUT2D eigenvalue weighted by Crippen LogP contribution is 2.43. The van der Waals surface area contributed by atoms with Crippen molar-refractivity contribution < 1.29 is 34.1 Å². The highest BCUT2D eigenvalue weighted by atomic mass is 16.5. The molecule has 0 aliphatic carbocycles. The Bertz CT molecular complexity index is 1440. The second kappa shape index (κ2) is 11.4. The zero-order chi connectivity index (χ0) is 28.3. The standard InChI is InChI=1S/C31H31NO7/c1-5-38-31(37)22-7-6-8-23(16-22)32-27(20-9-12-24(33)13-10-20)26(29(35)30(32)36)28(34)21-11-14-25(19(4)15-21)39-17-18(2)3/h6-16,18,27,33-34H,5,17H2,1-4H3/b28-26+. The number of phenolic OH excluding ortho intramolecular Hbond substituents is 1. The van der Waals surface area contributed by atoms with E-state index >= 15 is 0 Å². The number of aromatic hydroxyl groups is 1. The van der Waals surface area contributed by atoms with E-state index in [1.807, 2.05) is 20.8 Å². The molecule has 1 aliphatic rings. The lowest BCUT2D eigenvalue weighted by Gasteiger charge is -2.26. The lowest BCUT2D eigenvalue weighted by atomic mass is 9.94. The number of ether oxygens (including phenoxy) is 2. The van der Waals surface area contributed by atoms with E-state index in [0.717, 1.165) is 5.56 Å². The van der Waals surface area contributed by atoms with Crippen LogP contribution in [0.2, 0.25) is 0 Å². The molecular formula is C31H31NO7. The number of aliphatic hydroxyl groups excluding tert-OH is 1. The Morgan fingerprint density at radius 3 is 2.36 bits per heavy atom. The molecule has 0 spiro atoms. The molecule has 1 saturated heterocycles. The van der Waals surface area contributed by atoms with Gasteiger partial charge in [-0.15, -0.1) is 0 Å². The van der Waals surface area contributed by atoms with Gasteiger partial charge in [-0.05, 0) is 79.4 Å². The van der Waals surface area contributed by atoms with Crippen molar-refractivity contribution in [1.29, 1.82) is 0 Å². The van der Waals surface area contributed by atoms with Gasteiger partial charge in [-0.1, -0.05) is 32.0 Å². The number of aryl methyl sites for hydroxylation is 1. The van der Waals surface area contributed by atoms with E-state index in [4.69, 9.17) is 9.47 Å². The molecule has 0 bridgehead atoms. The number of hydrogen-bond donors (Lipinski definition) is 2. The Morgan fingerprint density at radius 2 is 1.72 bits per heavy atom. The van der Waals surface area contributed by atoms with Crippen molar-refractivity contribution >= 4 is 29.1 Å². The third-order valence-corrected chi connectivity index (χ3v) is 6.31. The molecule has 1 amide bonds. The number of benzene rings is 3. The third-order valence-electron chi connectivity index (χ3n) is 6.31. The summed E-state index contributed by atoms with van der Waals surface area (Å²) < 4.78 is 10.9. The summed E-state index contributed by atoms with van der Waals surface area (Å²) in [5, 5.41) is 21.3. The lowest BCUT2D eigenvalue weighted by Crippen LogP contribution is -2.29. The van der Waals surface area contributed by atoms with Crippen molar-refractivity contribution in [3.8, 4) is 11.5 Å². The fourth-order valence-electron chi connectivity index (χ4n) is 4.44. The normalized spacial score (nSPS) is 16.5. The first-order chi connectivity index (χ1) is 18.6. The highest BCUT2D eigenvalue weighted by Gasteiger charge is 2.47. The fraction of sp³-hybridized carbons (Fsp3) is 0.258. The van der Waals surface area contributed by atoms with Crippen LogP contribution in [0.5, 0.6) is 11.5 Å². The van der Waals surface area contributed by atoms with Gasteiger partial charge in [0.2, 0.25) is 0 Å². The van der Waals surface area contributed by atoms with Crippen molar-refractivity contribution in [2.75, 3.05) is 18.1 Å². The molecular weight excluding hydrogens is 498 g/mol. The topological polar surface area (TPSA) is 113 Å². The van der Waals surface area contributed by atoms with Crippen molar-refractivity contribution in [3.05, 3.63) is 94.6 Å². The van der Waals surface area contributed by atoms with E-state index in [1.165, 1.54) is 23.1 Å². The van der Waals surface area contributed by atoms with Gasteiger partial charge >= 0.3 is 5.97 Å².